The molecule has 1 rings (SSSR count). The van der Waals surface area contributed by atoms with Crippen molar-refractivity contribution >= 4 is 5.97 Å². The second-order valence-corrected chi connectivity index (χ2v) is 2.73. The van der Waals surface area contributed by atoms with E-state index >= 15 is 0 Å². The topological polar surface area (TPSA) is 85.2 Å². The van der Waals surface area contributed by atoms with Gasteiger partial charge in [-0.15, -0.1) is 0 Å². The zero-order valence-corrected chi connectivity index (χ0v) is 7.84. The van der Waals surface area contributed by atoms with Crippen molar-refractivity contribution in [3.63, 3.8) is 0 Å². The fraction of sp³-hybridized carbons (Fsp3) is 0.625. The number of carbonyl (C=O) groups excluding carboxylic acids is 1. The van der Waals surface area contributed by atoms with Gasteiger partial charge in [0.05, 0.1) is 7.11 Å². The van der Waals surface area contributed by atoms with Crippen molar-refractivity contribution in [2.45, 2.75) is 18.5 Å². The van der Waals surface area contributed by atoms with Gasteiger partial charge in [0, 0.05) is 7.11 Å². The molecule has 0 amide bonds. The van der Waals surface area contributed by atoms with Gasteiger partial charge in [0.2, 0.25) is 12.0 Å². The third-order valence-corrected chi connectivity index (χ3v) is 1.81. The van der Waals surface area contributed by atoms with Crippen LogP contribution in [0.15, 0.2) is 11.8 Å². The Morgan fingerprint density at radius 3 is 2.64 bits per heavy atom. The lowest BCUT2D eigenvalue weighted by Crippen LogP contribution is -2.43. The van der Waals surface area contributed by atoms with Crippen molar-refractivity contribution in [1.29, 1.82) is 0 Å². The first-order valence-electron chi connectivity index (χ1n) is 3.96. The zero-order chi connectivity index (χ0) is 10.7. The number of rotatable bonds is 2. The normalized spacial score (nSPS) is 31.7. The molecule has 0 aromatic rings. The van der Waals surface area contributed by atoms with Crippen molar-refractivity contribution in [1.82, 2.24) is 0 Å². The predicted octanol–water partition coefficient (Wildman–Crippen LogP) is -1.23. The minimum atomic E-state index is -1.21. The maximum Gasteiger partial charge on any atom is 0.373 e. The van der Waals surface area contributed by atoms with Gasteiger partial charge in [-0.2, -0.15) is 0 Å². The second-order valence-electron chi connectivity index (χ2n) is 2.73. The number of ether oxygens (including phenoxy) is 3. The molecule has 2 N–H and O–H groups in total. The smallest absolute Gasteiger partial charge is 0.373 e. The number of esters is 1. The van der Waals surface area contributed by atoms with Gasteiger partial charge in [-0.25, -0.2) is 4.79 Å². The Labute approximate surface area is 80.7 Å². The number of hydrogen-bond acceptors (Lipinski definition) is 6. The second kappa shape index (κ2) is 4.41. The van der Waals surface area contributed by atoms with E-state index in [4.69, 9.17) is 9.47 Å². The van der Waals surface area contributed by atoms with E-state index in [1.165, 1.54) is 14.2 Å². The number of aliphatic hydroxyl groups is 2. The number of hydrogen-bond donors (Lipinski definition) is 2. The average Bonchev–Trinajstić information content (AvgIpc) is 2.20. The van der Waals surface area contributed by atoms with Crippen LogP contribution in [-0.4, -0.2) is 48.9 Å². The molecule has 6 heteroatoms. The summed E-state index contributed by atoms with van der Waals surface area (Å²) in [5, 5.41) is 18.6. The Kier molecular flexibility index (Phi) is 3.45. The van der Waals surface area contributed by atoms with Crippen LogP contribution >= 0.6 is 0 Å². The number of carbonyl (C=O) groups is 1. The summed E-state index contributed by atoms with van der Waals surface area (Å²) in [5.41, 5.74) is 0. The lowest BCUT2D eigenvalue weighted by molar-refractivity contribution is -0.196. The van der Waals surface area contributed by atoms with Gasteiger partial charge < -0.3 is 24.4 Å². The van der Waals surface area contributed by atoms with Crippen LogP contribution in [0.4, 0.5) is 0 Å². The average molecular weight is 204 g/mol. The van der Waals surface area contributed by atoms with E-state index in [2.05, 4.69) is 4.74 Å². The van der Waals surface area contributed by atoms with Crippen LogP contribution in [0.5, 0.6) is 0 Å². The van der Waals surface area contributed by atoms with Crippen molar-refractivity contribution < 1.29 is 29.2 Å². The van der Waals surface area contributed by atoms with Gasteiger partial charge in [0.1, 0.15) is 12.2 Å². The van der Waals surface area contributed by atoms with Gasteiger partial charge in [-0.05, 0) is 6.08 Å². The monoisotopic (exact) mass is 204 g/mol. The van der Waals surface area contributed by atoms with Gasteiger partial charge in [-0.3, -0.25) is 0 Å². The highest BCUT2D eigenvalue weighted by atomic mass is 16.7. The summed E-state index contributed by atoms with van der Waals surface area (Å²) in [7, 11) is 2.48. The number of aliphatic hydroxyl groups excluding tert-OH is 2. The molecule has 1 heterocycles. The molecule has 0 saturated heterocycles. The molecule has 80 valence electrons. The summed E-state index contributed by atoms with van der Waals surface area (Å²) >= 11 is 0. The molecule has 0 aromatic carbocycles. The molecule has 6 nitrogen and oxygen atoms in total. The van der Waals surface area contributed by atoms with Crippen LogP contribution in [0, 0.1) is 0 Å². The van der Waals surface area contributed by atoms with Crippen molar-refractivity contribution in [3.05, 3.63) is 11.8 Å². The summed E-state index contributed by atoms with van der Waals surface area (Å²) in [6.07, 6.45) is -2.41. The standard InChI is InChI=1S/C8H12O6/c1-12-7(11)5-3-4(9)6(10)8(13-2)14-5/h3-4,6,8-10H,1-2H3. The van der Waals surface area contributed by atoms with Crippen molar-refractivity contribution in [3.8, 4) is 0 Å². The predicted molar refractivity (Wildman–Crippen MR) is 44.0 cm³/mol. The molecule has 1 aliphatic rings. The molecule has 0 spiro atoms. The molecular formula is C8H12O6. The molecule has 0 radical (unpaired) electrons. The van der Waals surface area contributed by atoms with Crippen LogP contribution in [0.2, 0.25) is 0 Å². The summed E-state index contributed by atoms with van der Waals surface area (Å²) in [6, 6.07) is 0. The van der Waals surface area contributed by atoms with E-state index in [-0.39, 0.29) is 5.76 Å². The molecule has 0 saturated carbocycles. The van der Waals surface area contributed by atoms with E-state index in [0.29, 0.717) is 0 Å². The maximum absolute atomic E-state index is 11.0. The van der Waals surface area contributed by atoms with Gasteiger partial charge in [0.25, 0.3) is 0 Å². The highest BCUT2D eigenvalue weighted by molar-refractivity contribution is 5.86. The van der Waals surface area contributed by atoms with Crippen LogP contribution in [0.1, 0.15) is 0 Å². The van der Waals surface area contributed by atoms with E-state index in [9.17, 15) is 15.0 Å². The Morgan fingerprint density at radius 1 is 1.50 bits per heavy atom. The largest absolute Gasteiger partial charge is 0.463 e. The van der Waals surface area contributed by atoms with Crippen LogP contribution in [0.3, 0.4) is 0 Å². The minimum absolute atomic E-state index is 0.169. The first-order valence-corrected chi connectivity index (χ1v) is 3.96. The molecule has 0 aromatic heterocycles. The molecule has 3 unspecified atom stereocenters. The highest BCUT2D eigenvalue weighted by Gasteiger charge is 2.34. The fourth-order valence-corrected chi connectivity index (χ4v) is 1.05. The van der Waals surface area contributed by atoms with Gasteiger partial charge in [-0.1, -0.05) is 0 Å². The van der Waals surface area contributed by atoms with Gasteiger partial charge >= 0.3 is 5.97 Å². The Balaban J connectivity index is 2.80. The molecule has 0 bridgehead atoms. The van der Waals surface area contributed by atoms with Crippen molar-refractivity contribution in [2.24, 2.45) is 0 Å². The van der Waals surface area contributed by atoms with Crippen LogP contribution < -0.4 is 0 Å². The SMILES string of the molecule is COC(=O)C1=CC(O)C(O)C(OC)O1. The molecule has 14 heavy (non-hydrogen) atoms. The summed E-state index contributed by atoms with van der Waals surface area (Å²) < 4.78 is 14.0. The van der Waals surface area contributed by atoms with Crippen LogP contribution in [0.25, 0.3) is 0 Å². The minimum Gasteiger partial charge on any atom is -0.463 e. The van der Waals surface area contributed by atoms with Crippen LogP contribution in [-0.2, 0) is 19.0 Å². The third kappa shape index (κ3) is 2.03. The summed E-state index contributed by atoms with van der Waals surface area (Å²) in [5.74, 6) is -0.893. The molecular weight excluding hydrogens is 192 g/mol. The molecule has 3 atom stereocenters. The fourth-order valence-electron chi connectivity index (χ4n) is 1.05. The van der Waals surface area contributed by atoms with E-state index in [0.717, 1.165) is 6.08 Å². The Morgan fingerprint density at radius 2 is 2.14 bits per heavy atom. The zero-order valence-electron chi connectivity index (χ0n) is 7.84. The van der Waals surface area contributed by atoms with Crippen molar-refractivity contribution in [2.75, 3.05) is 14.2 Å². The molecule has 0 fully saturated rings. The summed E-state index contributed by atoms with van der Waals surface area (Å²) in [4.78, 5) is 11.0. The molecule has 0 aliphatic carbocycles. The first kappa shape index (κ1) is 11.0. The number of methoxy groups -OCH3 is 2. The summed E-state index contributed by atoms with van der Waals surface area (Å²) in [6.45, 7) is 0. The highest BCUT2D eigenvalue weighted by Crippen LogP contribution is 2.19. The third-order valence-electron chi connectivity index (χ3n) is 1.81. The Hall–Kier alpha value is -1.11. The van der Waals surface area contributed by atoms with E-state index in [1.807, 2.05) is 0 Å². The van der Waals surface area contributed by atoms with E-state index < -0.39 is 24.5 Å². The quantitative estimate of drug-likeness (QED) is 0.548. The van der Waals surface area contributed by atoms with E-state index in [1.54, 1.807) is 0 Å². The lowest BCUT2D eigenvalue weighted by Gasteiger charge is -2.29. The Bertz CT molecular complexity index is 248. The molecule has 1 aliphatic heterocycles. The van der Waals surface area contributed by atoms with Gasteiger partial charge in [0.15, 0.2) is 0 Å². The first-order chi connectivity index (χ1) is 6.60. The lowest BCUT2D eigenvalue weighted by atomic mass is 10.1. The maximum atomic E-state index is 11.0.